The van der Waals surface area contributed by atoms with Gasteiger partial charge in [-0.15, -0.1) is 0 Å². The lowest BCUT2D eigenvalue weighted by Crippen LogP contribution is -2.25. The minimum absolute atomic E-state index is 0.921. The average molecular weight is 751 g/mol. The van der Waals surface area contributed by atoms with Crippen molar-refractivity contribution >= 4 is 58.2 Å². The number of anilines is 6. The molecule has 0 amide bonds. The summed E-state index contributed by atoms with van der Waals surface area (Å²) in [5.74, 6) is 0. The maximum atomic E-state index is 5.41. The van der Waals surface area contributed by atoms with Crippen LogP contribution in [0.3, 0.4) is 0 Å². The Hall–Kier alpha value is -7.13. The highest BCUT2D eigenvalue weighted by atomic mass is 31.1. The van der Waals surface area contributed by atoms with Gasteiger partial charge in [0.05, 0.1) is 22.3 Å². The van der Waals surface area contributed by atoms with Crippen molar-refractivity contribution in [1.29, 1.82) is 0 Å². The molecule has 0 fully saturated rings. The first kappa shape index (κ1) is 35.6. The van der Waals surface area contributed by atoms with E-state index in [-0.39, 0.29) is 0 Å². The van der Waals surface area contributed by atoms with E-state index >= 15 is 0 Å². The Morgan fingerprint density at radius 3 is 0.965 bits per heavy atom. The van der Waals surface area contributed by atoms with E-state index in [0.717, 1.165) is 67.5 Å². The van der Waals surface area contributed by atoms with Gasteiger partial charge in [0, 0.05) is 53.2 Å². The van der Waals surface area contributed by atoms with E-state index in [9.17, 15) is 0 Å². The van der Waals surface area contributed by atoms with Crippen molar-refractivity contribution in [2.45, 2.75) is 0 Å². The van der Waals surface area contributed by atoms with Crippen LogP contribution in [0.4, 0.5) is 34.1 Å². The summed E-state index contributed by atoms with van der Waals surface area (Å²) in [5.41, 5.74) is 12.5. The molecule has 2 aromatic heterocycles. The third-order valence-electron chi connectivity index (χ3n) is 9.80. The minimum Gasteiger partial charge on any atom is -0.310 e. The van der Waals surface area contributed by atoms with Gasteiger partial charge in [-0.25, -0.2) is 9.97 Å². The van der Waals surface area contributed by atoms with Gasteiger partial charge in [0.1, 0.15) is 0 Å². The summed E-state index contributed by atoms with van der Waals surface area (Å²) in [6.07, 6.45) is 0. The molecule has 0 aliphatic heterocycles. The highest BCUT2D eigenvalue weighted by Gasteiger charge is 2.22. The zero-order valence-corrected chi connectivity index (χ0v) is 32.1. The van der Waals surface area contributed by atoms with Crippen LogP contribution >= 0.6 is 7.92 Å². The summed E-state index contributed by atoms with van der Waals surface area (Å²) in [5, 5.41) is 1.20. The first-order chi connectivity index (χ1) is 28.3. The van der Waals surface area contributed by atoms with Gasteiger partial charge in [-0.1, -0.05) is 140 Å². The Morgan fingerprint density at radius 2 is 0.596 bits per heavy atom. The second-order valence-corrected chi connectivity index (χ2v) is 15.7. The molecule has 0 saturated carbocycles. The molecule has 0 radical (unpaired) electrons. The normalized spacial score (nSPS) is 11.0. The van der Waals surface area contributed by atoms with Crippen molar-refractivity contribution in [3.63, 3.8) is 0 Å². The predicted octanol–water partition coefficient (Wildman–Crippen LogP) is 12.5. The lowest BCUT2D eigenvalue weighted by molar-refractivity contribution is 1.28. The van der Waals surface area contributed by atoms with Crippen LogP contribution in [0.1, 0.15) is 0 Å². The number of pyridine rings is 2. The first-order valence-corrected chi connectivity index (χ1v) is 20.4. The molecular formula is C52H39N4P. The van der Waals surface area contributed by atoms with Gasteiger partial charge in [0.15, 0.2) is 0 Å². The minimum atomic E-state index is -1.09. The maximum absolute atomic E-state index is 5.41. The molecule has 0 spiro atoms. The fourth-order valence-corrected chi connectivity index (χ4v) is 9.31. The van der Waals surface area contributed by atoms with Crippen molar-refractivity contribution in [3.8, 4) is 22.5 Å². The van der Waals surface area contributed by atoms with Gasteiger partial charge >= 0.3 is 0 Å². The number of nitrogens with zero attached hydrogens (tertiary/aromatic N) is 4. The molecule has 7 aromatic carbocycles. The molecule has 0 bridgehead atoms. The van der Waals surface area contributed by atoms with Crippen LogP contribution in [0, 0.1) is 0 Å². The molecule has 0 N–H and O–H groups in total. The fraction of sp³-hybridized carbons (Fsp3) is 0. The van der Waals surface area contributed by atoms with Crippen LogP contribution in [0.25, 0.3) is 22.5 Å². The Balaban J connectivity index is 1.09. The Labute approximate surface area is 335 Å². The van der Waals surface area contributed by atoms with Crippen LogP contribution in [-0.4, -0.2) is 9.97 Å². The SMILES string of the molecule is c1ccc(N(c2ccccc2)c2cccc(-c3cccc(P(c4ccccc4)c4cccc(-c5cccc(N(c6ccccc6)c6ccccc6)c5)n4)n3)c2)cc1. The third-order valence-corrected chi connectivity index (χ3v) is 12.0. The van der Waals surface area contributed by atoms with E-state index in [1.54, 1.807) is 0 Å². The van der Waals surface area contributed by atoms with Crippen molar-refractivity contribution in [3.05, 3.63) is 237 Å². The van der Waals surface area contributed by atoms with Crippen LogP contribution in [0.15, 0.2) is 237 Å². The zero-order chi connectivity index (χ0) is 38.2. The molecule has 2 heterocycles. The molecule has 0 aliphatic rings. The number of para-hydroxylation sites is 4. The van der Waals surface area contributed by atoms with E-state index in [0.29, 0.717) is 0 Å². The second-order valence-electron chi connectivity index (χ2n) is 13.5. The molecule has 0 atom stereocenters. The molecule has 272 valence electrons. The largest absolute Gasteiger partial charge is 0.310 e. The third kappa shape index (κ3) is 7.86. The van der Waals surface area contributed by atoms with Crippen molar-refractivity contribution in [1.82, 2.24) is 9.97 Å². The molecule has 0 unspecified atom stereocenters. The number of hydrogen-bond donors (Lipinski definition) is 0. The van der Waals surface area contributed by atoms with Crippen LogP contribution in [-0.2, 0) is 0 Å². The van der Waals surface area contributed by atoms with E-state index < -0.39 is 7.92 Å². The maximum Gasteiger partial charge on any atom is 0.0744 e. The van der Waals surface area contributed by atoms with Crippen molar-refractivity contribution in [2.24, 2.45) is 0 Å². The number of benzene rings is 7. The standard InChI is InChI=1S/C52H39N4P/c1-6-22-42(23-7-1)55(43-24-8-2-9-25-43)46-30-16-20-40(38-46)49-34-18-36-51(53-49)57(48-32-14-5-15-33-48)52-37-19-35-50(54-52)41-21-17-31-47(39-41)56(44-26-10-3-11-27-44)45-28-12-4-13-29-45/h1-39H. The predicted molar refractivity (Wildman–Crippen MR) is 241 cm³/mol. The fourth-order valence-electron chi connectivity index (χ4n) is 7.19. The first-order valence-electron chi connectivity index (χ1n) is 19.1. The van der Waals surface area contributed by atoms with Crippen molar-refractivity contribution in [2.75, 3.05) is 9.80 Å². The highest BCUT2D eigenvalue weighted by Crippen LogP contribution is 2.39. The van der Waals surface area contributed by atoms with E-state index in [1.807, 2.05) is 0 Å². The molecule has 4 nitrogen and oxygen atoms in total. The molecule has 9 aromatic rings. The summed E-state index contributed by atoms with van der Waals surface area (Å²) < 4.78 is 0. The highest BCUT2D eigenvalue weighted by molar-refractivity contribution is 7.79. The van der Waals surface area contributed by atoms with Crippen LogP contribution in [0.5, 0.6) is 0 Å². The van der Waals surface area contributed by atoms with E-state index in [2.05, 4.69) is 246 Å². The topological polar surface area (TPSA) is 32.3 Å². The molecule has 5 heteroatoms. The number of aromatic nitrogens is 2. The summed E-state index contributed by atoms with van der Waals surface area (Å²) in [7, 11) is -1.09. The smallest absolute Gasteiger partial charge is 0.0744 e. The van der Waals surface area contributed by atoms with Crippen LogP contribution in [0.2, 0.25) is 0 Å². The van der Waals surface area contributed by atoms with E-state index in [1.165, 1.54) is 5.30 Å². The quantitative estimate of drug-likeness (QED) is 0.123. The van der Waals surface area contributed by atoms with Gasteiger partial charge in [-0.3, -0.25) is 0 Å². The zero-order valence-electron chi connectivity index (χ0n) is 31.3. The summed E-state index contributed by atoms with van der Waals surface area (Å²) in [6.45, 7) is 0. The Bertz CT molecular complexity index is 2440. The monoisotopic (exact) mass is 750 g/mol. The molecular weight excluding hydrogens is 712 g/mol. The van der Waals surface area contributed by atoms with Gasteiger partial charge in [0.25, 0.3) is 0 Å². The van der Waals surface area contributed by atoms with Gasteiger partial charge in [0.2, 0.25) is 0 Å². The molecule has 0 aliphatic carbocycles. The second kappa shape index (κ2) is 16.7. The molecule has 9 rings (SSSR count). The molecule has 57 heavy (non-hydrogen) atoms. The average Bonchev–Trinajstić information content (AvgIpc) is 3.29. The van der Waals surface area contributed by atoms with Gasteiger partial charge in [-0.05, 0) is 102 Å². The lowest BCUT2D eigenvalue weighted by atomic mass is 10.1. The summed E-state index contributed by atoms with van der Waals surface area (Å²) in [4.78, 5) is 15.4. The molecule has 0 saturated heterocycles. The summed E-state index contributed by atoms with van der Waals surface area (Å²) in [6, 6.07) is 82.8. The Morgan fingerprint density at radius 1 is 0.281 bits per heavy atom. The van der Waals surface area contributed by atoms with Crippen LogP contribution < -0.4 is 26.0 Å². The van der Waals surface area contributed by atoms with Crippen molar-refractivity contribution < 1.29 is 0 Å². The van der Waals surface area contributed by atoms with Gasteiger partial charge in [-0.2, -0.15) is 0 Å². The van der Waals surface area contributed by atoms with Gasteiger partial charge < -0.3 is 9.80 Å². The summed E-state index contributed by atoms with van der Waals surface area (Å²) >= 11 is 0. The number of rotatable bonds is 11. The Kier molecular flexibility index (Phi) is 10.4. The van der Waals surface area contributed by atoms with E-state index in [4.69, 9.17) is 9.97 Å². The lowest BCUT2D eigenvalue weighted by Gasteiger charge is -2.26. The number of hydrogen-bond acceptors (Lipinski definition) is 4.